The molecule has 142 valence electrons. The highest BCUT2D eigenvalue weighted by molar-refractivity contribution is 7.09. The number of nitrogens with one attached hydrogen (secondary N) is 2. The number of nitrogens with zero attached hydrogens (tertiary/aromatic N) is 2. The summed E-state index contributed by atoms with van der Waals surface area (Å²) in [6, 6.07) is 4.38. The highest BCUT2D eigenvalue weighted by atomic mass is 32.1. The van der Waals surface area contributed by atoms with Gasteiger partial charge in [0.25, 0.3) is 0 Å². The zero-order valence-electron chi connectivity index (χ0n) is 15.8. The van der Waals surface area contributed by atoms with Gasteiger partial charge in [0.1, 0.15) is 0 Å². The second-order valence-electron chi connectivity index (χ2n) is 6.50. The lowest BCUT2D eigenvalue weighted by Crippen LogP contribution is -2.39. The molecule has 2 rings (SSSR count). The molecule has 1 saturated heterocycles. The third kappa shape index (κ3) is 8.21. The smallest absolute Gasteiger partial charge is 0.191 e. The lowest BCUT2D eigenvalue weighted by molar-refractivity contribution is 0.145. The Hall–Kier alpha value is -1.11. The monoisotopic (exact) mass is 366 g/mol. The first-order valence-electron chi connectivity index (χ1n) is 9.66. The van der Waals surface area contributed by atoms with E-state index in [1.165, 1.54) is 30.8 Å². The number of hydrogen-bond acceptors (Lipinski definition) is 4. The molecule has 0 aromatic carbocycles. The first-order chi connectivity index (χ1) is 12.3. The molecule has 1 aromatic heterocycles. The van der Waals surface area contributed by atoms with E-state index in [4.69, 9.17) is 9.73 Å². The van der Waals surface area contributed by atoms with Crippen molar-refractivity contribution in [3.05, 3.63) is 22.4 Å². The Balaban J connectivity index is 1.66. The summed E-state index contributed by atoms with van der Waals surface area (Å²) in [6.45, 7) is 12.0. The summed E-state index contributed by atoms with van der Waals surface area (Å²) in [5.41, 5.74) is 0. The van der Waals surface area contributed by atoms with Gasteiger partial charge in [-0.25, -0.2) is 0 Å². The molecule has 0 radical (unpaired) electrons. The molecule has 1 aliphatic heterocycles. The Morgan fingerprint density at radius 1 is 1.32 bits per heavy atom. The molecule has 5 nitrogen and oxygen atoms in total. The van der Waals surface area contributed by atoms with E-state index in [0.717, 1.165) is 51.8 Å². The summed E-state index contributed by atoms with van der Waals surface area (Å²) in [5, 5.41) is 8.92. The molecule has 1 aliphatic rings. The molecule has 1 fully saturated rings. The predicted molar refractivity (Wildman–Crippen MR) is 107 cm³/mol. The highest BCUT2D eigenvalue weighted by Crippen LogP contribution is 2.20. The second-order valence-corrected chi connectivity index (χ2v) is 7.53. The number of aliphatic imine (C=N–C) groups is 1. The van der Waals surface area contributed by atoms with Gasteiger partial charge in [0.05, 0.1) is 0 Å². The van der Waals surface area contributed by atoms with Crippen molar-refractivity contribution in [3.8, 4) is 0 Å². The normalized spacial score (nSPS) is 17.0. The van der Waals surface area contributed by atoms with Crippen molar-refractivity contribution in [2.75, 3.05) is 45.9 Å². The largest absolute Gasteiger partial charge is 0.382 e. The van der Waals surface area contributed by atoms with Gasteiger partial charge >= 0.3 is 0 Å². The molecule has 25 heavy (non-hydrogen) atoms. The molecule has 0 unspecified atom stereocenters. The molecule has 6 heteroatoms. The maximum absolute atomic E-state index is 5.37. The van der Waals surface area contributed by atoms with Gasteiger partial charge in [-0.15, -0.1) is 11.3 Å². The lowest BCUT2D eigenvalue weighted by atomic mass is 9.97. The minimum atomic E-state index is 0.707. The molecular weight excluding hydrogens is 332 g/mol. The van der Waals surface area contributed by atoms with E-state index in [1.807, 2.05) is 18.3 Å². The molecule has 1 aromatic rings. The summed E-state index contributed by atoms with van der Waals surface area (Å²) < 4.78 is 5.37. The number of rotatable bonds is 10. The van der Waals surface area contributed by atoms with Crippen LogP contribution in [0.4, 0.5) is 0 Å². The van der Waals surface area contributed by atoms with E-state index in [0.29, 0.717) is 5.92 Å². The van der Waals surface area contributed by atoms with Crippen molar-refractivity contribution < 1.29 is 4.74 Å². The molecule has 2 N–H and O–H groups in total. The summed E-state index contributed by atoms with van der Waals surface area (Å²) in [7, 11) is 0. The van der Waals surface area contributed by atoms with Gasteiger partial charge in [0.15, 0.2) is 5.96 Å². The van der Waals surface area contributed by atoms with Crippen molar-refractivity contribution in [1.82, 2.24) is 15.5 Å². The van der Waals surface area contributed by atoms with Crippen molar-refractivity contribution in [1.29, 1.82) is 0 Å². The number of likely N-dealkylation sites (tertiary alicyclic amines) is 1. The Morgan fingerprint density at radius 2 is 2.16 bits per heavy atom. The average Bonchev–Trinajstić information content (AvgIpc) is 3.13. The molecule has 0 atom stereocenters. The van der Waals surface area contributed by atoms with E-state index < -0.39 is 0 Å². The van der Waals surface area contributed by atoms with Gasteiger partial charge in [-0.2, -0.15) is 0 Å². The Kier molecular flexibility index (Phi) is 9.92. The molecule has 2 heterocycles. The van der Waals surface area contributed by atoms with Crippen LogP contribution in [0.3, 0.4) is 0 Å². The standard InChI is InChI=1S/C19H34N4OS/c1-3-20-19(21-10-6-13-24-4-2)22-15-17-8-11-23(12-9-17)16-18-7-5-14-25-18/h5,7,14,17H,3-4,6,8-13,15-16H2,1-2H3,(H2,20,21,22). The van der Waals surface area contributed by atoms with Gasteiger partial charge < -0.3 is 15.4 Å². The maximum Gasteiger partial charge on any atom is 0.191 e. The fourth-order valence-electron chi connectivity index (χ4n) is 3.04. The van der Waals surface area contributed by atoms with Crippen molar-refractivity contribution in [2.45, 2.75) is 39.7 Å². The van der Waals surface area contributed by atoms with E-state index in [9.17, 15) is 0 Å². The SMILES string of the molecule is CCNC(=NCC1CCN(Cc2cccs2)CC1)NCCCOCC. The van der Waals surface area contributed by atoms with E-state index in [2.05, 4.69) is 40.0 Å². The molecule has 0 amide bonds. The zero-order chi connectivity index (χ0) is 17.7. The number of hydrogen-bond donors (Lipinski definition) is 2. The number of ether oxygens (including phenoxy) is 1. The minimum Gasteiger partial charge on any atom is -0.382 e. The first kappa shape index (κ1) is 20.2. The first-order valence-corrected chi connectivity index (χ1v) is 10.5. The van der Waals surface area contributed by atoms with E-state index in [-0.39, 0.29) is 0 Å². The Bertz CT molecular complexity index is 470. The molecule has 0 aliphatic carbocycles. The van der Waals surface area contributed by atoms with E-state index in [1.54, 1.807) is 0 Å². The zero-order valence-corrected chi connectivity index (χ0v) is 16.6. The Morgan fingerprint density at radius 3 is 2.84 bits per heavy atom. The average molecular weight is 367 g/mol. The molecule has 0 saturated carbocycles. The van der Waals surface area contributed by atoms with Gasteiger partial charge in [-0.1, -0.05) is 6.07 Å². The van der Waals surface area contributed by atoms with Crippen LogP contribution < -0.4 is 10.6 Å². The quantitative estimate of drug-likeness (QED) is 0.380. The minimum absolute atomic E-state index is 0.707. The second kappa shape index (κ2) is 12.3. The van der Waals surface area contributed by atoms with Crippen LogP contribution in [-0.2, 0) is 11.3 Å². The lowest BCUT2D eigenvalue weighted by Gasteiger charge is -2.31. The van der Waals surface area contributed by atoms with Gasteiger partial charge in [-0.3, -0.25) is 9.89 Å². The molecule has 0 bridgehead atoms. The summed E-state index contributed by atoms with van der Waals surface area (Å²) in [4.78, 5) is 8.84. The maximum atomic E-state index is 5.37. The van der Waals surface area contributed by atoms with Crippen molar-refractivity contribution >= 4 is 17.3 Å². The molecule has 0 spiro atoms. The fourth-order valence-corrected chi connectivity index (χ4v) is 3.78. The van der Waals surface area contributed by atoms with Crippen LogP contribution in [0, 0.1) is 5.92 Å². The topological polar surface area (TPSA) is 48.9 Å². The number of guanidine groups is 1. The fraction of sp³-hybridized carbons (Fsp3) is 0.737. The third-order valence-electron chi connectivity index (χ3n) is 4.48. The van der Waals surface area contributed by atoms with Crippen LogP contribution in [0.2, 0.25) is 0 Å². The van der Waals surface area contributed by atoms with E-state index >= 15 is 0 Å². The third-order valence-corrected chi connectivity index (χ3v) is 5.34. The van der Waals surface area contributed by atoms with Crippen LogP contribution >= 0.6 is 11.3 Å². The van der Waals surface area contributed by atoms with Crippen LogP contribution in [0.5, 0.6) is 0 Å². The summed E-state index contributed by atoms with van der Waals surface area (Å²) >= 11 is 1.86. The number of piperidine rings is 1. The van der Waals surface area contributed by atoms with Crippen LogP contribution in [0.15, 0.2) is 22.5 Å². The van der Waals surface area contributed by atoms with Crippen LogP contribution in [-0.4, -0.2) is 56.8 Å². The van der Waals surface area contributed by atoms with Gasteiger partial charge in [0, 0.05) is 44.3 Å². The predicted octanol–water partition coefficient (Wildman–Crippen LogP) is 2.94. The molecular formula is C19H34N4OS. The van der Waals surface area contributed by atoms with Crippen molar-refractivity contribution in [3.63, 3.8) is 0 Å². The number of thiophene rings is 1. The summed E-state index contributed by atoms with van der Waals surface area (Å²) in [6.07, 6.45) is 3.51. The summed E-state index contributed by atoms with van der Waals surface area (Å²) in [5.74, 6) is 1.65. The van der Waals surface area contributed by atoms with Crippen molar-refractivity contribution in [2.24, 2.45) is 10.9 Å². The van der Waals surface area contributed by atoms with Gasteiger partial charge in [0.2, 0.25) is 0 Å². The van der Waals surface area contributed by atoms with Gasteiger partial charge in [-0.05, 0) is 63.6 Å². The highest BCUT2D eigenvalue weighted by Gasteiger charge is 2.19. The van der Waals surface area contributed by atoms with Crippen LogP contribution in [0.25, 0.3) is 0 Å². The Labute approximate surface area is 156 Å². The van der Waals surface area contributed by atoms with Crippen LogP contribution in [0.1, 0.15) is 38.0 Å².